The fourth-order valence-corrected chi connectivity index (χ4v) is 4.32. The van der Waals surface area contributed by atoms with Crippen molar-refractivity contribution in [3.05, 3.63) is 52.8 Å². The van der Waals surface area contributed by atoms with Gasteiger partial charge in [-0.2, -0.15) is 5.10 Å². The molecular weight excluding hydrogens is 461 g/mol. The standard InChI is InChI=1S/C22H31N5.HI/c1-15(2)27-14-19-8-9-20(12-21(19)26-27)25-22(23-3)24-13-16-10-17-6-4-5-7-18(17)11-16;/h4-7,14-16,20H,8-13H2,1-3H3,(H2,23,24,25);1H. The number of guanidine groups is 1. The highest BCUT2D eigenvalue weighted by Crippen LogP contribution is 2.26. The van der Waals surface area contributed by atoms with E-state index < -0.39 is 0 Å². The van der Waals surface area contributed by atoms with E-state index in [1.54, 1.807) is 0 Å². The van der Waals surface area contributed by atoms with Crippen LogP contribution in [-0.2, 0) is 25.7 Å². The number of hydrogen-bond donors (Lipinski definition) is 2. The number of halogens is 1. The zero-order valence-electron chi connectivity index (χ0n) is 17.1. The first kappa shape index (κ1) is 21.1. The second-order valence-electron chi connectivity index (χ2n) is 8.25. The number of nitrogens with one attached hydrogen (secondary N) is 2. The van der Waals surface area contributed by atoms with Crippen LogP contribution in [0, 0.1) is 5.92 Å². The lowest BCUT2D eigenvalue weighted by Crippen LogP contribution is -2.46. The van der Waals surface area contributed by atoms with E-state index in [0.29, 0.717) is 18.0 Å². The Labute approximate surface area is 185 Å². The van der Waals surface area contributed by atoms with E-state index in [-0.39, 0.29) is 24.0 Å². The monoisotopic (exact) mass is 493 g/mol. The average Bonchev–Trinajstić information content (AvgIpc) is 3.28. The minimum absolute atomic E-state index is 0. The topological polar surface area (TPSA) is 54.2 Å². The molecule has 28 heavy (non-hydrogen) atoms. The molecule has 1 heterocycles. The van der Waals surface area contributed by atoms with Crippen LogP contribution in [0.3, 0.4) is 0 Å². The Kier molecular flexibility index (Phi) is 7.01. The fraction of sp³-hybridized carbons (Fsp3) is 0.545. The van der Waals surface area contributed by atoms with Crippen LogP contribution in [0.1, 0.15) is 48.7 Å². The summed E-state index contributed by atoms with van der Waals surface area (Å²) >= 11 is 0. The van der Waals surface area contributed by atoms with Crippen LogP contribution in [0.4, 0.5) is 0 Å². The van der Waals surface area contributed by atoms with Gasteiger partial charge in [-0.1, -0.05) is 24.3 Å². The van der Waals surface area contributed by atoms with Gasteiger partial charge >= 0.3 is 0 Å². The third kappa shape index (κ3) is 4.70. The molecule has 0 bridgehead atoms. The van der Waals surface area contributed by atoms with Crippen molar-refractivity contribution in [1.82, 2.24) is 20.4 Å². The van der Waals surface area contributed by atoms with Crippen molar-refractivity contribution < 1.29 is 0 Å². The maximum absolute atomic E-state index is 4.78. The van der Waals surface area contributed by atoms with Crippen LogP contribution < -0.4 is 10.6 Å². The van der Waals surface area contributed by atoms with Gasteiger partial charge in [0.2, 0.25) is 0 Å². The zero-order valence-corrected chi connectivity index (χ0v) is 19.4. The van der Waals surface area contributed by atoms with E-state index in [9.17, 15) is 0 Å². The van der Waals surface area contributed by atoms with Gasteiger partial charge in [0.1, 0.15) is 0 Å². The molecule has 0 spiro atoms. The van der Waals surface area contributed by atoms with E-state index in [2.05, 4.69) is 64.6 Å². The molecular formula is C22H32IN5. The average molecular weight is 493 g/mol. The number of aryl methyl sites for hydroxylation is 1. The van der Waals surface area contributed by atoms with Crippen molar-refractivity contribution in [2.75, 3.05) is 13.6 Å². The Morgan fingerprint density at radius 3 is 2.54 bits per heavy atom. The lowest BCUT2D eigenvalue weighted by atomic mass is 9.94. The highest BCUT2D eigenvalue weighted by atomic mass is 127. The van der Waals surface area contributed by atoms with Crippen molar-refractivity contribution in [3.63, 3.8) is 0 Å². The summed E-state index contributed by atoms with van der Waals surface area (Å²) in [4.78, 5) is 4.45. The summed E-state index contributed by atoms with van der Waals surface area (Å²) in [6.45, 7) is 5.33. The van der Waals surface area contributed by atoms with Gasteiger partial charge in [-0.05, 0) is 62.1 Å². The molecule has 0 amide bonds. The highest BCUT2D eigenvalue weighted by molar-refractivity contribution is 14.0. The van der Waals surface area contributed by atoms with Crippen LogP contribution in [0.25, 0.3) is 0 Å². The van der Waals surface area contributed by atoms with Crippen molar-refractivity contribution in [2.45, 2.75) is 58.0 Å². The second kappa shape index (κ2) is 9.29. The molecule has 2 N–H and O–H groups in total. The van der Waals surface area contributed by atoms with Crippen LogP contribution in [0.5, 0.6) is 0 Å². The van der Waals surface area contributed by atoms with Crippen molar-refractivity contribution in [3.8, 4) is 0 Å². The number of rotatable bonds is 4. The molecule has 0 fully saturated rings. The maximum atomic E-state index is 4.78. The van der Waals surface area contributed by atoms with E-state index >= 15 is 0 Å². The SMILES string of the molecule is CN=C(NCC1Cc2ccccc2C1)NC1CCc2cn(C(C)C)nc2C1.I. The van der Waals surface area contributed by atoms with E-state index in [1.165, 1.54) is 35.2 Å². The fourth-order valence-electron chi connectivity index (χ4n) is 4.32. The number of aromatic nitrogens is 2. The molecule has 4 rings (SSSR count). The third-order valence-electron chi connectivity index (χ3n) is 5.88. The summed E-state index contributed by atoms with van der Waals surface area (Å²) in [6.07, 6.45) is 7.76. The first-order chi connectivity index (χ1) is 13.1. The van der Waals surface area contributed by atoms with Crippen LogP contribution in [-0.4, -0.2) is 35.4 Å². The minimum Gasteiger partial charge on any atom is -0.356 e. The van der Waals surface area contributed by atoms with Gasteiger partial charge < -0.3 is 10.6 Å². The molecule has 1 aromatic heterocycles. The summed E-state index contributed by atoms with van der Waals surface area (Å²) in [5.74, 6) is 1.57. The predicted molar refractivity (Wildman–Crippen MR) is 126 cm³/mol. The van der Waals surface area contributed by atoms with Gasteiger partial charge in [0.05, 0.1) is 5.69 Å². The minimum atomic E-state index is 0. The zero-order chi connectivity index (χ0) is 18.8. The Hall–Kier alpha value is -1.57. The maximum Gasteiger partial charge on any atom is 0.191 e. The van der Waals surface area contributed by atoms with Gasteiger partial charge in [-0.25, -0.2) is 0 Å². The van der Waals surface area contributed by atoms with Gasteiger partial charge in [0, 0.05) is 38.3 Å². The normalized spacial score (nSPS) is 19.1. The number of nitrogens with zero attached hydrogens (tertiary/aromatic N) is 3. The molecule has 1 aromatic carbocycles. The molecule has 2 aromatic rings. The van der Waals surface area contributed by atoms with Crippen molar-refractivity contribution in [2.24, 2.45) is 10.9 Å². The van der Waals surface area contributed by atoms with E-state index in [4.69, 9.17) is 5.10 Å². The Morgan fingerprint density at radius 2 is 1.89 bits per heavy atom. The number of fused-ring (bicyclic) bond motifs is 2. The first-order valence-electron chi connectivity index (χ1n) is 10.2. The Bertz CT molecular complexity index is 801. The molecule has 2 aliphatic rings. The summed E-state index contributed by atoms with van der Waals surface area (Å²) in [6, 6.07) is 9.64. The molecule has 0 saturated heterocycles. The summed E-state index contributed by atoms with van der Waals surface area (Å²) in [5.41, 5.74) is 5.67. The number of hydrogen-bond acceptors (Lipinski definition) is 2. The van der Waals surface area contributed by atoms with Gasteiger partial charge in [-0.3, -0.25) is 9.67 Å². The lowest BCUT2D eigenvalue weighted by molar-refractivity contribution is 0.492. The first-order valence-corrected chi connectivity index (χ1v) is 10.2. The molecule has 6 heteroatoms. The van der Waals surface area contributed by atoms with E-state index in [1.807, 2.05) is 7.05 Å². The summed E-state index contributed by atoms with van der Waals surface area (Å²) in [5, 5.41) is 12.0. The largest absolute Gasteiger partial charge is 0.356 e. The summed E-state index contributed by atoms with van der Waals surface area (Å²) < 4.78 is 2.10. The van der Waals surface area contributed by atoms with Crippen molar-refractivity contribution in [1.29, 1.82) is 0 Å². The van der Waals surface area contributed by atoms with Crippen LogP contribution in [0.2, 0.25) is 0 Å². The van der Waals surface area contributed by atoms with Gasteiger partial charge in [0.25, 0.3) is 0 Å². The molecule has 1 atom stereocenters. The molecule has 0 radical (unpaired) electrons. The van der Waals surface area contributed by atoms with E-state index in [0.717, 1.165) is 31.8 Å². The van der Waals surface area contributed by atoms with Crippen LogP contribution >= 0.6 is 24.0 Å². The quantitative estimate of drug-likeness (QED) is 0.390. The van der Waals surface area contributed by atoms with Crippen molar-refractivity contribution >= 4 is 29.9 Å². The molecule has 152 valence electrons. The van der Waals surface area contributed by atoms with Gasteiger partial charge in [-0.15, -0.1) is 24.0 Å². The Balaban J connectivity index is 0.00000225. The third-order valence-corrected chi connectivity index (χ3v) is 5.88. The smallest absolute Gasteiger partial charge is 0.191 e. The van der Waals surface area contributed by atoms with Gasteiger partial charge in [0.15, 0.2) is 5.96 Å². The molecule has 5 nitrogen and oxygen atoms in total. The van der Waals surface area contributed by atoms with Crippen LogP contribution in [0.15, 0.2) is 35.5 Å². The predicted octanol–water partition coefficient (Wildman–Crippen LogP) is 3.52. The second-order valence-corrected chi connectivity index (χ2v) is 8.25. The molecule has 2 aliphatic carbocycles. The lowest BCUT2D eigenvalue weighted by Gasteiger charge is -2.25. The Morgan fingerprint density at radius 1 is 1.18 bits per heavy atom. The molecule has 0 aliphatic heterocycles. The highest BCUT2D eigenvalue weighted by Gasteiger charge is 2.24. The molecule has 0 saturated carbocycles. The number of benzene rings is 1. The molecule has 1 unspecified atom stereocenters. The number of aliphatic imine (C=N–C) groups is 1. The summed E-state index contributed by atoms with van der Waals surface area (Å²) in [7, 11) is 1.86.